The second-order valence-electron chi connectivity index (χ2n) is 7.87. The number of nitrogens with zero attached hydrogens (tertiary/aromatic N) is 6. The maximum absolute atomic E-state index is 4.50. The van der Waals surface area contributed by atoms with Crippen molar-refractivity contribution in [2.45, 2.75) is 26.3 Å². The summed E-state index contributed by atoms with van der Waals surface area (Å²) >= 11 is 0. The van der Waals surface area contributed by atoms with Crippen molar-refractivity contribution < 1.29 is 0 Å². The summed E-state index contributed by atoms with van der Waals surface area (Å²) in [4.78, 5) is 9.38. The molecule has 1 N–H and O–H groups in total. The number of hydrogen-bond acceptors (Lipinski definition) is 4. The quantitative estimate of drug-likeness (QED) is 0.229. The molecule has 7 nitrogen and oxygen atoms in total. The number of halogens is 1. The number of aryl methyl sites for hydroxylation is 2. The van der Waals surface area contributed by atoms with E-state index in [1.807, 2.05) is 31.4 Å². The molecule has 0 radical (unpaired) electrons. The first-order valence-electron chi connectivity index (χ1n) is 10.7. The molecule has 1 saturated heterocycles. The molecule has 3 aromatic rings. The minimum absolute atomic E-state index is 0. The van der Waals surface area contributed by atoms with E-state index in [9.17, 15) is 0 Å². The van der Waals surface area contributed by atoms with Crippen LogP contribution in [0.4, 0.5) is 0 Å². The molecule has 1 aromatic carbocycles. The van der Waals surface area contributed by atoms with Gasteiger partial charge >= 0.3 is 0 Å². The number of nitrogens with one attached hydrogen (secondary N) is 1. The van der Waals surface area contributed by atoms with Gasteiger partial charge in [0.25, 0.3) is 0 Å². The lowest BCUT2D eigenvalue weighted by atomic mass is 10.1. The van der Waals surface area contributed by atoms with Crippen LogP contribution < -0.4 is 5.32 Å². The van der Waals surface area contributed by atoms with Gasteiger partial charge < -0.3 is 10.2 Å². The third kappa shape index (κ3) is 6.16. The lowest BCUT2D eigenvalue weighted by Gasteiger charge is -2.36. The normalized spacial score (nSPS) is 15.2. The molecule has 4 rings (SSSR count). The zero-order chi connectivity index (χ0) is 20.8. The average molecular weight is 533 g/mol. The van der Waals surface area contributed by atoms with Crippen molar-refractivity contribution in [2.75, 3.05) is 39.8 Å². The zero-order valence-corrected chi connectivity index (χ0v) is 20.7. The Hall–Kier alpha value is -2.20. The van der Waals surface area contributed by atoms with Gasteiger partial charge in [0.2, 0.25) is 0 Å². The van der Waals surface area contributed by atoms with Crippen molar-refractivity contribution in [3.8, 4) is 0 Å². The van der Waals surface area contributed by atoms with Crippen molar-refractivity contribution in [3.05, 3.63) is 65.6 Å². The zero-order valence-electron chi connectivity index (χ0n) is 18.4. The van der Waals surface area contributed by atoms with Crippen LogP contribution in [0.3, 0.4) is 0 Å². The minimum atomic E-state index is 0. The molecule has 0 bridgehead atoms. The fourth-order valence-corrected chi connectivity index (χ4v) is 4.03. The molecule has 0 aliphatic carbocycles. The summed E-state index contributed by atoms with van der Waals surface area (Å²) in [7, 11) is 1.87. The second kappa shape index (κ2) is 11.4. The molecule has 0 atom stereocenters. The van der Waals surface area contributed by atoms with E-state index in [0.717, 1.165) is 69.5 Å². The topological polar surface area (TPSA) is 61.1 Å². The first kappa shape index (κ1) is 23.5. The Morgan fingerprint density at radius 1 is 1.06 bits per heavy atom. The van der Waals surface area contributed by atoms with E-state index >= 15 is 0 Å². The van der Waals surface area contributed by atoms with Gasteiger partial charge in [0, 0.05) is 58.9 Å². The summed E-state index contributed by atoms with van der Waals surface area (Å²) in [5.74, 6) is 2.00. The third-order valence-corrected chi connectivity index (χ3v) is 5.62. The third-order valence-electron chi connectivity index (χ3n) is 5.62. The van der Waals surface area contributed by atoms with E-state index in [2.05, 4.69) is 65.9 Å². The van der Waals surface area contributed by atoms with Crippen molar-refractivity contribution in [1.82, 2.24) is 29.7 Å². The summed E-state index contributed by atoms with van der Waals surface area (Å²) in [5, 5.41) is 12.1. The van der Waals surface area contributed by atoms with E-state index in [1.165, 1.54) is 11.1 Å². The monoisotopic (exact) mass is 533 g/mol. The highest BCUT2D eigenvalue weighted by Crippen LogP contribution is 2.11. The van der Waals surface area contributed by atoms with Crippen LogP contribution in [0.2, 0.25) is 0 Å². The van der Waals surface area contributed by atoms with E-state index in [0.29, 0.717) is 0 Å². The van der Waals surface area contributed by atoms with Crippen LogP contribution in [0, 0.1) is 6.92 Å². The van der Waals surface area contributed by atoms with E-state index in [1.54, 1.807) is 0 Å². The van der Waals surface area contributed by atoms with E-state index < -0.39 is 0 Å². The first-order valence-corrected chi connectivity index (χ1v) is 10.7. The van der Waals surface area contributed by atoms with Gasteiger partial charge in [-0.15, -0.1) is 34.2 Å². The predicted molar refractivity (Wildman–Crippen MR) is 136 cm³/mol. The van der Waals surface area contributed by atoms with Gasteiger partial charge in [-0.1, -0.05) is 35.9 Å². The number of guanidine groups is 1. The van der Waals surface area contributed by atoms with E-state index in [-0.39, 0.29) is 24.0 Å². The van der Waals surface area contributed by atoms with Gasteiger partial charge in [-0.3, -0.25) is 14.3 Å². The maximum atomic E-state index is 4.50. The fraction of sp³-hybridized carbons (Fsp3) is 0.435. The predicted octanol–water partition coefficient (Wildman–Crippen LogP) is 2.98. The number of pyridine rings is 1. The Labute approximate surface area is 201 Å². The molecule has 166 valence electrons. The van der Waals surface area contributed by atoms with Gasteiger partial charge in [0.05, 0.1) is 0 Å². The Balaban J connectivity index is 0.00000272. The molecule has 1 fully saturated rings. The SMILES string of the molecule is CN=C(NCCCc1nnc2ccccn12)N1CCN(Cc2cccc(C)c2)CC1.I. The molecule has 8 heteroatoms. The van der Waals surface area contributed by atoms with Crippen molar-refractivity contribution in [1.29, 1.82) is 0 Å². The lowest BCUT2D eigenvalue weighted by molar-refractivity contribution is 0.172. The largest absolute Gasteiger partial charge is 0.356 e. The average Bonchev–Trinajstić information content (AvgIpc) is 3.18. The summed E-state index contributed by atoms with van der Waals surface area (Å²) in [6.45, 7) is 8.16. The molecule has 3 heterocycles. The molecule has 2 aromatic heterocycles. The van der Waals surface area contributed by atoms with Crippen LogP contribution in [0.15, 0.2) is 53.7 Å². The number of hydrogen-bond donors (Lipinski definition) is 1. The van der Waals surface area contributed by atoms with Gasteiger partial charge in [0.15, 0.2) is 11.6 Å². The summed E-state index contributed by atoms with van der Waals surface area (Å²) in [6, 6.07) is 14.8. The molecule has 0 amide bonds. The molecule has 1 aliphatic heterocycles. The highest BCUT2D eigenvalue weighted by Gasteiger charge is 2.19. The molecule has 1 aliphatic rings. The summed E-state index contributed by atoms with van der Waals surface area (Å²) in [6.07, 6.45) is 3.90. The number of fused-ring (bicyclic) bond motifs is 1. The fourth-order valence-electron chi connectivity index (χ4n) is 4.03. The van der Waals surface area contributed by atoms with Crippen molar-refractivity contribution in [3.63, 3.8) is 0 Å². The highest BCUT2D eigenvalue weighted by molar-refractivity contribution is 14.0. The van der Waals surface area contributed by atoms with Crippen LogP contribution in [0.25, 0.3) is 5.65 Å². The number of piperazine rings is 1. The maximum Gasteiger partial charge on any atom is 0.193 e. The van der Waals surface area contributed by atoms with Crippen molar-refractivity contribution in [2.24, 2.45) is 4.99 Å². The molecule has 0 unspecified atom stereocenters. The van der Waals surface area contributed by atoms with Crippen LogP contribution in [0.5, 0.6) is 0 Å². The molecular weight excluding hydrogens is 501 g/mol. The molecule has 31 heavy (non-hydrogen) atoms. The van der Waals surface area contributed by atoms with Crippen LogP contribution >= 0.6 is 24.0 Å². The van der Waals surface area contributed by atoms with Crippen LogP contribution in [0.1, 0.15) is 23.4 Å². The summed E-state index contributed by atoms with van der Waals surface area (Å²) in [5.41, 5.74) is 3.63. The molecular formula is C23H32IN7. The smallest absolute Gasteiger partial charge is 0.193 e. The van der Waals surface area contributed by atoms with Crippen molar-refractivity contribution >= 4 is 35.6 Å². The standard InChI is InChI=1S/C23H31N7.HI/c1-19-7-5-8-20(17-19)18-28-13-15-29(16-14-28)23(24-2)25-11-6-10-22-27-26-21-9-3-4-12-30(21)22;/h3-5,7-9,12,17H,6,10-11,13-16,18H2,1-2H3,(H,24,25);1H. The summed E-state index contributed by atoms with van der Waals surface area (Å²) < 4.78 is 2.06. The Morgan fingerprint density at radius 3 is 2.68 bits per heavy atom. The number of rotatable bonds is 6. The number of aromatic nitrogens is 3. The van der Waals surface area contributed by atoms with Gasteiger partial charge in [-0.25, -0.2) is 0 Å². The molecule has 0 spiro atoms. The second-order valence-corrected chi connectivity index (χ2v) is 7.87. The van der Waals surface area contributed by atoms with Crippen LogP contribution in [-0.4, -0.2) is 70.1 Å². The number of benzene rings is 1. The molecule has 0 saturated carbocycles. The van der Waals surface area contributed by atoms with Gasteiger partial charge in [0.1, 0.15) is 5.82 Å². The lowest BCUT2D eigenvalue weighted by Crippen LogP contribution is -2.52. The Morgan fingerprint density at radius 2 is 1.90 bits per heavy atom. The minimum Gasteiger partial charge on any atom is -0.356 e. The first-order chi connectivity index (χ1) is 14.7. The Kier molecular flexibility index (Phi) is 8.65. The van der Waals surface area contributed by atoms with E-state index in [4.69, 9.17) is 0 Å². The van der Waals surface area contributed by atoms with Gasteiger partial charge in [-0.05, 0) is 31.0 Å². The van der Waals surface area contributed by atoms with Gasteiger partial charge in [-0.2, -0.15) is 0 Å². The Bertz CT molecular complexity index is 992. The number of aliphatic imine (C=N–C) groups is 1. The highest BCUT2D eigenvalue weighted by atomic mass is 127. The van der Waals surface area contributed by atoms with Crippen LogP contribution in [-0.2, 0) is 13.0 Å².